The van der Waals surface area contributed by atoms with Gasteiger partial charge in [0.05, 0.1) is 6.07 Å². The molecule has 0 aliphatic carbocycles. The van der Waals surface area contributed by atoms with Gasteiger partial charge < -0.3 is 4.90 Å². The number of likely N-dealkylation sites (N-methyl/N-ethyl adjacent to an activating group) is 1. The van der Waals surface area contributed by atoms with Gasteiger partial charge in [0.2, 0.25) is 0 Å². The van der Waals surface area contributed by atoms with E-state index in [1.54, 1.807) is 0 Å². The molecule has 0 rings (SSSR count). The predicted molar refractivity (Wildman–Crippen MR) is 73.9 cm³/mol. The van der Waals surface area contributed by atoms with Gasteiger partial charge in [-0.2, -0.15) is 5.26 Å². The van der Waals surface area contributed by atoms with Gasteiger partial charge in [-0.25, -0.2) is 0 Å². The van der Waals surface area contributed by atoms with Gasteiger partial charge in [-0.05, 0) is 26.3 Å². The van der Waals surface area contributed by atoms with Crippen molar-refractivity contribution in [3.63, 3.8) is 0 Å². The topological polar surface area (TPSA) is 39.1 Å². The normalized spacial score (nSPS) is 13.4. The molecule has 1 atom stereocenters. The largest absolute Gasteiger partial charge is 0.301 e. The van der Waals surface area contributed by atoms with Crippen LogP contribution in [0.1, 0.15) is 47.5 Å². The van der Waals surface area contributed by atoms with Crippen LogP contribution >= 0.6 is 0 Å². The molecule has 0 saturated heterocycles. The molecule has 100 valence electrons. The first-order chi connectivity index (χ1) is 8.07. The Labute approximate surface area is 107 Å². The van der Waals surface area contributed by atoms with Gasteiger partial charge in [-0.15, -0.1) is 0 Å². The average molecular weight is 239 g/mol. The highest BCUT2D eigenvalue weighted by molar-refractivity contribution is 4.93. The van der Waals surface area contributed by atoms with E-state index in [2.05, 4.69) is 50.9 Å². The summed E-state index contributed by atoms with van der Waals surface area (Å²) in [6.07, 6.45) is 2.45. The van der Waals surface area contributed by atoms with E-state index >= 15 is 0 Å². The van der Waals surface area contributed by atoms with Crippen molar-refractivity contribution in [1.29, 1.82) is 5.26 Å². The fourth-order valence-corrected chi connectivity index (χ4v) is 2.04. The van der Waals surface area contributed by atoms with Gasteiger partial charge in [0.25, 0.3) is 0 Å². The lowest BCUT2D eigenvalue weighted by Gasteiger charge is -2.28. The predicted octanol–water partition coefficient (Wildman–Crippen LogP) is 2.63. The monoisotopic (exact) mass is 239 g/mol. The Morgan fingerprint density at radius 1 is 1.12 bits per heavy atom. The molecule has 0 heterocycles. The van der Waals surface area contributed by atoms with Crippen molar-refractivity contribution in [3.05, 3.63) is 0 Å². The molecular weight excluding hydrogens is 210 g/mol. The molecule has 0 saturated carbocycles. The first-order valence-corrected chi connectivity index (χ1v) is 6.95. The Hall–Kier alpha value is -0.590. The third-order valence-corrected chi connectivity index (χ3v) is 3.25. The first-order valence-electron chi connectivity index (χ1n) is 6.95. The molecule has 3 heteroatoms. The lowest BCUT2D eigenvalue weighted by Crippen LogP contribution is -2.44. The third kappa shape index (κ3) is 7.36. The number of nitrogens with one attached hydrogen (secondary N) is 1. The molecule has 0 radical (unpaired) electrons. The van der Waals surface area contributed by atoms with Crippen LogP contribution in [0.15, 0.2) is 0 Å². The van der Waals surface area contributed by atoms with Gasteiger partial charge in [0.1, 0.15) is 6.04 Å². The van der Waals surface area contributed by atoms with Crippen LogP contribution in [0.5, 0.6) is 0 Å². The zero-order valence-corrected chi connectivity index (χ0v) is 12.2. The maximum Gasteiger partial charge on any atom is 0.108 e. The number of nitrogens with zero attached hydrogens (tertiary/aromatic N) is 2. The smallest absolute Gasteiger partial charge is 0.108 e. The molecular formula is C14H29N3. The summed E-state index contributed by atoms with van der Waals surface area (Å²) in [6.45, 7) is 13.8. The van der Waals surface area contributed by atoms with E-state index in [0.717, 1.165) is 25.6 Å². The van der Waals surface area contributed by atoms with E-state index in [1.165, 1.54) is 12.8 Å². The quantitative estimate of drug-likeness (QED) is 0.672. The second kappa shape index (κ2) is 9.44. The minimum absolute atomic E-state index is 0.0516. The summed E-state index contributed by atoms with van der Waals surface area (Å²) < 4.78 is 0. The summed E-state index contributed by atoms with van der Waals surface area (Å²) in [5.74, 6) is 0.758. The van der Waals surface area contributed by atoms with Crippen molar-refractivity contribution < 1.29 is 0 Å². The summed E-state index contributed by atoms with van der Waals surface area (Å²) in [4.78, 5) is 2.39. The van der Waals surface area contributed by atoms with Crippen LogP contribution in [-0.2, 0) is 0 Å². The maximum absolute atomic E-state index is 9.13. The SMILES string of the molecule is CCC(CC)CN(CC)CC(C#N)NC(C)C. The standard InChI is InChI=1S/C14H29N3/c1-6-13(7-2)10-17(8-3)11-14(9-15)16-12(4)5/h12-14,16H,6-8,10-11H2,1-5H3. The van der Waals surface area contributed by atoms with Gasteiger partial charge in [0.15, 0.2) is 0 Å². The van der Waals surface area contributed by atoms with Crippen LogP contribution in [0, 0.1) is 17.2 Å². The van der Waals surface area contributed by atoms with E-state index < -0.39 is 0 Å². The van der Waals surface area contributed by atoms with E-state index in [1.807, 2.05) is 0 Å². The van der Waals surface area contributed by atoms with Crippen LogP contribution in [0.4, 0.5) is 0 Å². The highest BCUT2D eigenvalue weighted by Crippen LogP contribution is 2.10. The molecule has 0 aromatic carbocycles. The Kier molecular flexibility index (Phi) is 9.11. The summed E-state index contributed by atoms with van der Waals surface area (Å²) >= 11 is 0. The molecule has 1 unspecified atom stereocenters. The molecule has 0 bridgehead atoms. The molecule has 0 amide bonds. The molecule has 0 fully saturated rings. The number of nitriles is 1. The number of hydrogen-bond donors (Lipinski definition) is 1. The van der Waals surface area contributed by atoms with Crippen LogP contribution in [0.25, 0.3) is 0 Å². The van der Waals surface area contributed by atoms with Gasteiger partial charge in [0, 0.05) is 19.1 Å². The molecule has 0 spiro atoms. The second-order valence-corrected chi connectivity index (χ2v) is 5.04. The van der Waals surface area contributed by atoms with Crippen LogP contribution in [0.3, 0.4) is 0 Å². The maximum atomic E-state index is 9.13. The molecule has 0 aliphatic rings. The second-order valence-electron chi connectivity index (χ2n) is 5.04. The van der Waals surface area contributed by atoms with Crippen molar-refractivity contribution in [2.45, 2.75) is 59.5 Å². The van der Waals surface area contributed by atoms with Crippen molar-refractivity contribution in [1.82, 2.24) is 10.2 Å². The van der Waals surface area contributed by atoms with Gasteiger partial charge in [-0.3, -0.25) is 5.32 Å². The highest BCUT2D eigenvalue weighted by atomic mass is 15.1. The Morgan fingerprint density at radius 2 is 1.71 bits per heavy atom. The average Bonchev–Trinajstić information content (AvgIpc) is 2.32. The van der Waals surface area contributed by atoms with Crippen LogP contribution in [-0.4, -0.2) is 36.6 Å². The fourth-order valence-electron chi connectivity index (χ4n) is 2.04. The van der Waals surface area contributed by atoms with E-state index in [0.29, 0.717) is 6.04 Å². The highest BCUT2D eigenvalue weighted by Gasteiger charge is 2.15. The Morgan fingerprint density at radius 3 is 2.06 bits per heavy atom. The van der Waals surface area contributed by atoms with Crippen LogP contribution < -0.4 is 5.32 Å². The van der Waals surface area contributed by atoms with Crippen LogP contribution in [0.2, 0.25) is 0 Å². The third-order valence-electron chi connectivity index (χ3n) is 3.25. The van der Waals surface area contributed by atoms with Crippen molar-refractivity contribution in [3.8, 4) is 6.07 Å². The summed E-state index contributed by atoms with van der Waals surface area (Å²) in [6, 6.07) is 2.67. The molecule has 0 aliphatic heterocycles. The molecule has 3 nitrogen and oxygen atoms in total. The number of rotatable bonds is 9. The zero-order valence-electron chi connectivity index (χ0n) is 12.2. The van der Waals surface area contributed by atoms with E-state index in [4.69, 9.17) is 5.26 Å². The lowest BCUT2D eigenvalue weighted by atomic mass is 10.0. The molecule has 0 aromatic rings. The van der Waals surface area contributed by atoms with Gasteiger partial charge >= 0.3 is 0 Å². The van der Waals surface area contributed by atoms with E-state index in [9.17, 15) is 0 Å². The van der Waals surface area contributed by atoms with Crippen molar-refractivity contribution >= 4 is 0 Å². The Bertz CT molecular complexity index is 216. The minimum Gasteiger partial charge on any atom is -0.301 e. The Balaban J connectivity index is 4.22. The number of hydrogen-bond acceptors (Lipinski definition) is 3. The van der Waals surface area contributed by atoms with Crippen molar-refractivity contribution in [2.24, 2.45) is 5.92 Å². The molecule has 1 N–H and O–H groups in total. The van der Waals surface area contributed by atoms with E-state index in [-0.39, 0.29) is 6.04 Å². The summed E-state index contributed by atoms with van der Waals surface area (Å²) in [5, 5.41) is 12.4. The van der Waals surface area contributed by atoms with Gasteiger partial charge in [-0.1, -0.05) is 33.6 Å². The molecule has 17 heavy (non-hydrogen) atoms. The lowest BCUT2D eigenvalue weighted by molar-refractivity contribution is 0.219. The van der Waals surface area contributed by atoms with Crippen molar-refractivity contribution in [2.75, 3.05) is 19.6 Å². The molecule has 0 aromatic heterocycles. The zero-order chi connectivity index (χ0) is 13.3. The first kappa shape index (κ1) is 16.4. The fraction of sp³-hybridized carbons (Fsp3) is 0.929. The minimum atomic E-state index is -0.0516. The summed E-state index contributed by atoms with van der Waals surface area (Å²) in [7, 11) is 0. The summed E-state index contributed by atoms with van der Waals surface area (Å²) in [5.41, 5.74) is 0.